The van der Waals surface area contributed by atoms with Crippen molar-refractivity contribution in [2.24, 2.45) is 0 Å². The van der Waals surface area contributed by atoms with Gasteiger partial charge in [0.05, 0.1) is 9.82 Å². The molecule has 0 radical (unpaired) electrons. The van der Waals surface area contributed by atoms with Crippen molar-refractivity contribution in [3.63, 3.8) is 0 Å². The highest BCUT2D eigenvalue weighted by Gasteiger charge is 2.21. The number of nitro groups is 1. The number of nitrogens with zero attached hydrogens (tertiary/aromatic N) is 1. The molecule has 0 aliphatic carbocycles. The molecule has 0 unspecified atom stereocenters. The van der Waals surface area contributed by atoms with E-state index in [1.54, 1.807) is 0 Å². The highest BCUT2D eigenvalue weighted by molar-refractivity contribution is 7.89. The highest BCUT2D eigenvalue weighted by atomic mass is 35.5. The lowest BCUT2D eigenvalue weighted by Gasteiger charge is -2.07. The Balaban J connectivity index is 2.26. The predicted molar refractivity (Wildman–Crippen MR) is 88.7 cm³/mol. The third-order valence-corrected chi connectivity index (χ3v) is 4.76. The van der Waals surface area contributed by atoms with Crippen LogP contribution in [0.5, 0.6) is 0 Å². The molecule has 10 heteroatoms. The number of rotatable bonds is 5. The molecule has 126 valence electrons. The van der Waals surface area contributed by atoms with Crippen molar-refractivity contribution < 1.29 is 18.1 Å². The Morgan fingerprint density at radius 1 is 1.17 bits per heavy atom. The van der Waals surface area contributed by atoms with Gasteiger partial charge in [-0.05, 0) is 43.4 Å². The van der Waals surface area contributed by atoms with E-state index in [1.807, 2.05) is 0 Å². The summed E-state index contributed by atoms with van der Waals surface area (Å²) in [6, 6.07) is 9.06. The summed E-state index contributed by atoms with van der Waals surface area (Å²) in [5, 5.41) is 13.6. The van der Waals surface area contributed by atoms with Gasteiger partial charge >= 0.3 is 0 Å². The number of carbonyl (C=O) groups excluding carboxylic acids is 1. The Labute approximate surface area is 142 Å². The van der Waals surface area contributed by atoms with E-state index >= 15 is 0 Å². The van der Waals surface area contributed by atoms with Crippen LogP contribution in [0.3, 0.4) is 0 Å². The van der Waals surface area contributed by atoms with Crippen molar-refractivity contribution in [1.29, 1.82) is 0 Å². The van der Waals surface area contributed by atoms with Crippen LogP contribution in [0.1, 0.15) is 10.4 Å². The van der Waals surface area contributed by atoms with Gasteiger partial charge in [-0.2, -0.15) is 0 Å². The smallest absolute Gasteiger partial charge is 0.283 e. The Morgan fingerprint density at radius 3 is 2.33 bits per heavy atom. The number of hydrogen-bond acceptors (Lipinski definition) is 5. The van der Waals surface area contributed by atoms with Crippen LogP contribution in [0.4, 0.5) is 11.4 Å². The van der Waals surface area contributed by atoms with Gasteiger partial charge in [0, 0.05) is 16.8 Å². The number of benzene rings is 2. The molecule has 2 aromatic carbocycles. The van der Waals surface area contributed by atoms with Gasteiger partial charge in [0.25, 0.3) is 11.6 Å². The Morgan fingerprint density at radius 2 is 1.79 bits per heavy atom. The molecule has 0 bridgehead atoms. The van der Waals surface area contributed by atoms with E-state index in [0.717, 1.165) is 6.07 Å². The molecule has 0 saturated carbocycles. The van der Waals surface area contributed by atoms with E-state index in [-0.39, 0.29) is 15.5 Å². The van der Waals surface area contributed by atoms with Crippen molar-refractivity contribution >= 4 is 38.9 Å². The fraction of sp³-hybridized carbons (Fsp3) is 0.0714. The summed E-state index contributed by atoms with van der Waals surface area (Å²) in [5.41, 5.74) is -0.287. The lowest BCUT2D eigenvalue weighted by atomic mass is 10.1. The standard InChI is InChI=1S/C14H12ClN3O5S/c1-16-24(22,23)11-5-3-10(4-6-11)17-14(19)12-7-2-9(15)8-13(12)18(20)21/h2-8,16H,1H3,(H,17,19). The molecule has 0 saturated heterocycles. The van der Waals surface area contributed by atoms with E-state index < -0.39 is 26.5 Å². The average Bonchev–Trinajstić information content (AvgIpc) is 2.55. The van der Waals surface area contributed by atoms with Crippen molar-refractivity contribution in [2.75, 3.05) is 12.4 Å². The van der Waals surface area contributed by atoms with E-state index in [4.69, 9.17) is 11.6 Å². The first-order valence-electron chi connectivity index (χ1n) is 6.53. The molecule has 2 N–H and O–H groups in total. The summed E-state index contributed by atoms with van der Waals surface area (Å²) in [5.74, 6) is -0.706. The molecule has 0 heterocycles. The molecule has 0 aromatic heterocycles. The highest BCUT2D eigenvalue weighted by Crippen LogP contribution is 2.24. The third kappa shape index (κ3) is 3.88. The molecule has 0 spiro atoms. The van der Waals surface area contributed by atoms with Crippen LogP contribution < -0.4 is 10.0 Å². The molecule has 1 amide bonds. The Hall–Kier alpha value is -2.49. The lowest BCUT2D eigenvalue weighted by molar-refractivity contribution is -0.385. The molecular weight excluding hydrogens is 358 g/mol. The zero-order valence-electron chi connectivity index (χ0n) is 12.3. The SMILES string of the molecule is CNS(=O)(=O)c1ccc(NC(=O)c2ccc(Cl)cc2[N+](=O)[O-])cc1. The third-order valence-electron chi connectivity index (χ3n) is 3.09. The Bertz CT molecular complexity index is 897. The van der Waals surface area contributed by atoms with Crippen LogP contribution in [0.25, 0.3) is 0 Å². The number of anilines is 1. The number of halogens is 1. The molecule has 0 fully saturated rings. The largest absolute Gasteiger partial charge is 0.322 e. The number of sulfonamides is 1. The van der Waals surface area contributed by atoms with E-state index in [1.165, 1.54) is 43.4 Å². The number of nitro benzene ring substituents is 1. The van der Waals surface area contributed by atoms with E-state index in [2.05, 4.69) is 10.0 Å². The van der Waals surface area contributed by atoms with Crippen molar-refractivity contribution in [1.82, 2.24) is 4.72 Å². The number of carbonyl (C=O) groups is 1. The fourth-order valence-electron chi connectivity index (χ4n) is 1.88. The quantitative estimate of drug-likeness (QED) is 0.619. The molecule has 0 atom stereocenters. The van der Waals surface area contributed by atoms with E-state index in [0.29, 0.717) is 5.69 Å². The topological polar surface area (TPSA) is 118 Å². The minimum atomic E-state index is -3.58. The zero-order valence-corrected chi connectivity index (χ0v) is 13.9. The first kappa shape index (κ1) is 17.9. The van der Waals surface area contributed by atoms with Crippen LogP contribution in [0.2, 0.25) is 5.02 Å². The van der Waals surface area contributed by atoms with Crippen LogP contribution in [0.15, 0.2) is 47.4 Å². The first-order chi connectivity index (χ1) is 11.2. The minimum Gasteiger partial charge on any atom is -0.322 e. The molecule has 2 aromatic rings. The van der Waals surface area contributed by atoms with Gasteiger partial charge in [0.2, 0.25) is 10.0 Å². The monoisotopic (exact) mass is 369 g/mol. The van der Waals surface area contributed by atoms with Gasteiger partial charge in [-0.15, -0.1) is 0 Å². The van der Waals surface area contributed by atoms with Gasteiger partial charge < -0.3 is 5.32 Å². The van der Waals surface area contributed by atoms with Gasteiger partial charge in [-0.1, -0.05) is 11.6 Å². The van der Waals surface area contributed by atoms with Crippen molar-refractivity contribution in [3.8, 4) is 0 Å². The summed E-state index contributed by atoms with van der Waals surface area (Å²) in [4.78, 5) is 22.5. The Kier molecular flexibility index (Phi) is 5.17. The van der Waals surface area contributed by atoms with Crippen LogP contribution >= 0.6 is 11.6 Å². The molecule has 0 aliphatic rings. The maximum absolute atomic E-state index is 12.2. The van der Waals surface area contributed by atoms with Crippen LogP contribution in [0, 0.1) is 10.1 Å². The number of nitrogens with one attached hydrogen (secondary N) is 2. The second-order valence-corrected chi connectivity index (χ2v) is 6.93. The minimum absolute atomic E-state index is 0.0282. The molecular formula is C14H12ClN3O5S. The molecule has 24 heavy (non-hydrogen) atoms. The van der Waals surface area contributed by atoms with Gasteiger partial charge in [-0.25, -0.2) is 13.1 Å². The maximum atomic E-state index is 12.2. The summed E-state index contributed by atoms with van der Waals surface area (Å²) >= 11 is 5.70. The second kappa shape index (κ2) is 6.95. The van der Waals surface area contributed by atoms with Gasteiger partial charge in [0.15, 0.2) is 0 Å². The van der Waals surface area contributed by atoms with Gasteiger partial charge in [-0.3, -0.25) is 14.9 Å². The van der Waals surface area contributed by atoms with E-state index in [9.17, 15) is 23.3 Å². The van der Waals surface area contributed by atoms with Crippen molar-refractivity contribution in [2.45, 2.75) is 4.90 Å². The summed E-state index contributed by atoms with van der Waals surface area (Å²) < 4.78 is 25.4. The van der Waals surface area contributed by atoms with Crippen molar-refractivity contribution in [3.05, 3.63) is 63.2 Å². The molecule has 8 nitrogen and oxygen atoms in total. The lowest BCUT2D eigenvalue weighted by Crippen LogP contribution is -2.18. The van der Waals surface area contributed by atoms with Crippen LogP contribution in [-0.4, -0.2) is 26.3 Å². The zero-order chi connectivity index (χ0) is 17.9. The normalized spacial score (nSPS) is 11.1. The molecule has 2 rings (SSSR count). The average molecular weight is 370 g/mol. The summed E-state index contributed by atoms with van der Waals surface area (Å²) in [7, 11) is -2.30. The summed E-state index contributed by atoms with van der Waals surface area (Å²) in [6.07, 6.45) is 0. The second-order valence-electron chi connectivity index (χ2n) is 4.60. The first-order valence-corrected chi connectivity index (χ1v) is 8.39. The van der Waals surface area contributed by atoms with Crippen LogP contribution in [-0.2, 0) is 10.0 Å². The predicted octanol–water partition coefficient (Wildman–Crippen LogP) is 2.41. The molecule has 0 aliphatic heterocycles. The maximum Gasteiger partial charge on any atom is 0.283 e. The summed E-state index contributed by atoms with van der Waals surface area (Å²) in [6.45, 7) is 0. The van der Waals surface area contributed by atoms with Gasteiger partial charge in [0.1, 0.15) is 5.56 Å². The fourth-order valence-corrected chi connectivity index (χ4v) is 2.78. The number of hydrogen-bond donors (Lipinski definition) is 2. The number of amides is 1.